The molecule has 0 amide bonds. The van der Waals surface area contributed by atoms with Crippen molar-refractivity contribution in [2.24, 2.45) is 5.73 Å². The molecule has 0 spiro atoms. The summed E-state index contributed by atoms with van der Waals surface area (Å²) < 4.78 is 12.8. The zero-order valence-corrected chi connectivity index (χ0v) is 12.3. The Morgan fingerprint density at radius 3 is 2.50 bits per heavy atom. The third-order valence-electron chi connectivity index (χ3n) is 2.90. The molecule has 0 aliphatic heterocycles. The van der Waals surface area contributed by atoms with Gasteiger partial charge in [-0.1, -0.05) is 36.0 Å². The lowest BCUT2D eigenvalue weighted by Gasteiger charge is -2.09. The number of rotatable bonds is 5. The summed E-state index contributed by atoms with van der Waals surface area (Å²) in [6.45, 7) is 0.706. The molecule has 20 heavy (non-hydrogen) atoms. The minimum absolute atomic E-state index is 0.224. The molecule has 0 saturated carbocycles. The molecule has 0 radical (unpaired) electrons. The van der Waals surface area contributed by atoms with Crippen LogP contribution in [-0.4, -0.2) is 11.5 Å². The van der Waals surface area contributed by atoms with Gasteiger partial charge in [0.15, 0.2) is 0 Å². The summed E-state index contributed by atoms with van der Waals surface area (Å²) in [5.41, 5.74) is 8.18. The lowest BCUT2D eigenvalue weighted by molar-refractivity contribution is 0.627. The molecule has 2 aromatic carbocycles. The molecule has 3 N–H and O–H groups in total. The Morgan fingerprint density at radius 1 is 1.20 bits per heavy atom. The van der Waals surface area contributed by atoms with E-state index in [-0.39, 0.29) is 5.82 Å². The van der Waals surface area contributed by atoms with Crippen LogP contribution in [0.2, 0.25) is 5.02 Å². The fourth-order valence-corrected chi connectivity index (χ4v) is 2.18. The number of nitrogens with two attached hydrogens (primary N) is 1. The van der Waals surface area contributed by atoms with Crippen molar-refractivity contribution in [3.63, 3.8) is 0 Å². The highest BCUT2D eigenvalue weighted by atomic mass is 35.5. The molecule has 0 atom stereocenters. The van der Waals surface area contributed by atoms with E-state index in [4.69, 9.17) is 29.6 Å². The van der Waals surface area contributed by atoms with Gasteiger partial charge in [-0.2, -0.15) is 0 Å². The monoisotopic (exact) mass is 308 g/mol. The lowest BCUT2D eigenvalue weighted by atomic mass is 10.1. The van der Waals surface area contributed by atoms with Crippen molar-refractivity contribution in [1.82, 2.24) is 0 Å². The maximum atomic E-state index is 12.8. The van der Waals surface area contributed by atoms with E-state index in [1.54, 1.807) is 18.2 Å². The maximum Gasteiger partial charge on any atom is 0.123 e. The Balaban J connectivity index is 1.94. The van der Waals surface area contributed by atoms with Gasteiger partial charge in [-0.15, -0.1) is 0 Å². The smallest absolute Gasteiger partial charge is 0.123 e. The van der Waals surface area contributed by atoms with Gasteiger partial charge < -0.3 is 11.1 Å². The molecule has 0 fully saturated rings. The molecule has 0 unspecified atom stereocenters. The maximum absolute atomic E-state index is 12.8. The second-order valence-electron chi connectivity index (χ2n) is 4.36. The molecule has 0 aliphatic carbocycles. The average Bonchev–Trinajstić information content (AvgIpc) is 2.42. The van der Waals surface area contributed by atoms with Crippen molar-refractivity contribution in [1.29, 1.82) is 0 Å². The quantitative estimate of drug-likeness (QED) is 0.826. The Morgan fingerprint density at radius 2 is 1.90 bits per heavy atom. The van der Waals surface area contributed by atoms with Gasteiger partial charge in [0.1, 0.15) is 10.8 Å². The van der Waals surface area contributed by atoms with Gasteiger partial charge in [0.2, 0.25) is 0 Å². The molecule has 2 aromatic rings. The van der Waals surface area contributed by atoms with E-state index in [2.05, 4.69) is 5.32 Å². The summed E-state index contributed by atoms with van der Waals surface area (Å²) in [5.74, 6) is -0.224. The second-order valence-corrected chi connectivity index (χ2v) is 5.21. The predicted molar refractivity (Wildman–Crippen MR) is 85.9 cm³/mol. The zero-order valence-electron chi connectivity index (χ0n) is 10.7. The van der Waals surface area contributed by atoms with Crippen LogP contribution in [0.15, 0.2) is 42.5 Å². The molecule has 2 rings (SSSR count). The third-order valence-corrected chi connectivity index (χ3v) is 3.44. The van der Waals surface area contributed by atoms with E-state index in [9.17, 15) is 4.39 Å². The normalized spacial score (nSPS) is 10.3. The molecular formula is C15H14ClFN2S. The highest BCUT2D eigenvalue weighted by molar-refractivity contribution is 7.80. The van der Waals surface area contributed by atoms with Gasteiger partial charge in [-0.25, -0.2) is 4.39 Å². The molecule has 2 nitrogen and oxygen atoms in total. The fourth-order valence-electron chi connectivity index (χ4n) is 1.80. The Labute approximate surface area is 127 Å². The lowest BCUT2D eigenvalue weighted by Crippen LogP contribution is -2.10. The topological polar surface area (TPSA) is 38.0 Å². The summed E-state index contributed by atoms with van der Waals surface area (Å²) >= 11 is 11.0. The number of halogens is 2. The van der Waals surface area contributed by atoms with E-state index in [0.29, 0.717) is 16.6 Å². The molecule has 0 bridgehead atoms. The van der Waals surface area contributed by atoms with Crippen LogP contribution in [0.25, 0.3) is 0 Å². The van der Waals surface area contributed by atoms with Crippen LogP contribution in [0, 0.1) is 5.82 Å². The van der Waals surface area contributed by atoms with E-state index in [1.807, 2.05) is 12.1 Å². The molecule has 0 heterocycles. The third kappa shape index (κ3) is 3.92. The Bertz CT molecular complexity index is 614. The highest BCUT2D eigenvalue weighted by Crippen LogP contribution is 2.23. The fraction of sp³-hybridized carbons (Fsp3) is 0.133. The first-order valence-electron chi connectivity index (χ1n) is 6.14. The number of thiocarbonyl (C=S) groups is 1. The standard InChI is InChI=1S/C15H14ClFN2S/c16-13-9-11(15(18)20)3-6-14(13)19-8-7-10-1-4-12(17)5-2-10/h1-6,9,19H,7-8H2,(H2,18,20). The Kier molecular flexibility index (Phi) is 4.93. The van der Waals surface area contributed by atoms with Crippen molar-refractivity contribution >= 4 is 34.5 Å². The molecule has 0 aliphatic rings. The summed E-state index contributed by atoms with van der Waals surface area (Å²) in [6, 6.07) is 11.9. The first-order chi connectivity index (χ1) is 9.56. The van der Waals surface area contributed by atoms with Crippen LogP contribution < -0.4 is 11.1 Å². The van der Waals surface area contributed by atoms with Crippen LogP contribution in [-0.2, 0) is 6.42 Å². The van der Waals surface area contributed by atoms with Crippen LogP contribution in [0.4, 0.5) is 10.1 Å². The van der Waals surface area contributed by atoms with Crippen molar-refractivity contribution < 1.29 is 4.39 Å². The first-order valence-corrected chi connectivity index (χ1v) is 6.92. The first kappa shape index (κ1) is 14.8. The Hall–Kier alpha value is -1.65. The number of hydrogen-bond donors (Lipinski definition) is 2. The minimum Gasteiger partial charge on any atom is -0.389 e. The number of hydrogen-bond acceptors (Lipinski definition) is 2. The van der Waals surface area contributed by atoms with Crippen molar-refractivity contribution in [3.05, 3.63) is 64.4 Å². The van der Waals surface area contributed by atoms with E-state index >= 15 is 0 Å². The average molecular weight is 309 g/mol. The molecule has 0 aromatic heterocycles. The number of anilines is 1. The number of benzene rings is 2. The predicted octanol–water partition coefficient (Wildman–Crippen LogP) is 3.77. The van der Waals surface area contributed by atoms with E-state index in [1.165, 1.54) is 12.1 Å². The molecular weight excluding hydrogens is 295 g/mol. The second kappa shape index (κ2) is 6.68. The van der Waals surface area contributed by atoms with Crippen LogP contribution in [0.5, 0.6) is 0 Å². The molecule has 104 valence electrons. The summed E-state index contributed by atoms with van der Waals surface area (Å²) in [5, 5.41) is 3.81. The van der Waals surface area contributed by atoms with Crippen molar-refractivity contribution in [2.75, 3.05) is 11.9 Å². The highest BCUT2D eigenvalue weighted by Gasteiger charge is 2.03. The minimum atomic E-state index is -0.224. The zero-order chi connectivity index (χ0) is 14.5. The SMILES string of the molecule is NC(=S)c1ccc(NCCc2ccc(F)cc2)c(Cl)c1. The molecule has 0 saturated heterocycles. The number of nitrogens with one attached hydrogen (secondary N) is 1. The summed E-state index contributed by atoms with van der Waals surface area (Å²) in [6.07, 6.45) is 0.785. The van der Waals surface area contributed by atoms with E-state index in [0.717, 1.165) is 23.2 Å². The van der Waals surface area contributed by atoms with Crippen LogP contribution in [0.1, 0.15) is 11.1 Å². The van der Waals surface area contributed by atoms with Gasteiger partial charge in [0.05, 0.1) is 10.7 Å². The summed E-state index contributed by atoms with van der Waals surface area (Å²) in [4.78, 5) is 0.324. The van der Waals surface area contributed by atoms with Crippen molar-refractivity contribution in [2.45, 2.75) is 6.42 Å². The largest absolute Gasteiger partial charge is 0.389 e. The van der Waals surface area contributed by atoms with Gasteiger partial charge in [0, 0.05) is 12.1 Å². The summed E-state index contributed by atoms with van der Waals surface area (Å²) in [7, 11) is 0. The van der Waals surface area contributed by atoms with E-state index < -0.39 is 0 Å². The van der Waals surface area contributed by atoms with Crippen molar-refractivity contribution in [3.8, 4) is 0 Å². The van der Waals surface area contributed by atoms with Gasteiger partial charge >= 0.3 is 0 Å². The van der Waals surface area contributed by atoms with Gasteiger partial charge in [0.25, 0.3) is 0 Å². The molecule has 5 heteroatoms. The van der Waals surface area contributed by atoms with Gasteiger partial charge in [-0.05, 0) is 42.3 Å². The van der Waals surface area contributed by atoms with Gasteiger partial charge in [-0.3, -0.25) is 0 Å². The van der Waals surface area contributed by atoms with Crippen LogP contribution in [0.3, 0.4) is 0 Å². The van der Waals surface area contributed by atoms with Crippen LogP contribution >= 0.6 is 23.8 Å².